The largest absolute Gasteiger partial charge is 0.496 e. The third-order valence-corrected chi connectivity index (χ3v) is 3.02. The number of hydrogen-bond donors (Lipinski definition) is 2. The van der Waals surface area contributed by atoms with Crippen LogP contribution in [0.5, 0.6) is 5.75 Å². The SMILES string of the molecule is COc1ccccc1C(C)NC(=O)c1c[nH]ccc1=O. The molecule has 2 N–H and O–H groups in total. The van der Waals surface area contributed by atoms with Crippen molar-refractivity contribution in [2.75, 3.05) is 7.11 Å². The molecular formula is C15H16N2O3. The third-order valence-electron chi connectivity index (χ3n) is 3.02. The van der Waals surface area contributed by atoms with Gasteiger partial charge < -0.3 is 15.0 Å². The highest BCUT2D eigenvalue weighted by molar-refractivity contribution is 5.94. The topological polar surface area (TPSA) is 71.2 Å². The van der Waals surface area contributed by atoms with Gasteiger partial charge in [-0.2, -0.15) is 0 Å². The molecule has 0 fully saturated rings. The van der Waals surface area contributed by atoms with Crippen LogP contribution in [-0.2, 0) is 0 Å². The van der Waals surface area contributed by atoms with Gasteiger partial charge in [-0.15, -0.1) is 0 Å². The third kappa shape index (κ3) is 2.88. The molecule has 0 saturated heterocycles. The van der Waals surface area contributed by atoms with Gasteiger partial charge in [0.15, 0.2) is 5.43 Å². The summed E-state index contributed by atoms with van der Waals surface area (Å²) in [5.74, 6) is 0.285. The summed E-state index contributed by atoms with van der Waals surface area (Å²) < 4.78 is 5.26. The molecule has 0 spiro atoms. The lowest BCUT2D eigenvalue weighted by Crippen LogP contribution is -2.30. The fourth-order valence-electron chi connectivity index (χ4n) is 1.97. The standard InChI is InChI=1S/C15H16N2O3/c1-10(11-5-3-4-6-14(11)20-2)17-15(19)12-9-16-8-7-13(12)18/h3-10H,1-2H3,(H,16,18)(H,17,19). The highest BCUT2D eigenvalue weighted by Gasteiger charge is 2.16. The number of carbonyl (C=O) groups is 1. The Kier molecular flexibility index (Phi) is 4.20. The molecule has 1 atom stereocenters. The number of hydrogen-bond acceptors (Lipinski definition) is 3. The summed E-state index contributed by atoms with van der Waals surface area (Å²) in [6.07, 6.45) is 2.88. The molecule has 0 aliphatic heterocycles. The van der Waals surface area contributed by atoms with Crippen LogP contribution in [-0.4, -0.2) is 18.0 Å². The zero-order valence-electron chi connectivity index (χ0n) is 11.3. The highest BCUT2D eigenvalue weighted by atomic mass is 16.5. The minimum absolute atomic E-state index is 0.0919. The minimum atomic E-state index is -0.412. The van der Waals surface area contributed by atoms with E-state index in [1.54, 1.807) is 7.11 Å². The Morgan fingerprint density at radius 2 is 2.05 bits per heavy atom. The number of ether oxygens (including phenoxy) is 1. The van der Waals surface area contributed by atoms with Crippen LogP contribution in [0.1, 0.15) is 28.9 Å². The molecule has 0 aliphatic rings. The predicted octanol–water partition coefficient (Wildman–Crippen LogP) is 1.87. The lowest BCUT2D eigenvalue weighted by Gasteiger charge is -2.17. The molecule has 104 valence electrons. The van der Waals surface area contributed by atoms with Crippen LogP contribution in [0.2, 0.25) is 0 Å². The fourth-order valence-corrected chi connectivity index (χ4v) is 1.97. The van der Waals surface area contributed by atoms with Gasteiger partial charge in [-0.25, -0.2) is 0 Å². The predicted molar refractivity (Wildman–Crippen MR) is 75.9 cm³/mol. The van der Waals surface area contributed by atoms with Gasteiger partial charge in [0.1, 0.15) is 11.3 Å². The molecule has 5 heteroatoms. The van der Waals surface area contributed by atoms with Crippen LogP contribution >= 0.6 is 0 Å². The summed E-state index contributed by atoms with van der Waals surface area (Å²) in [5, 5.41) is 2.79. The normalized spacial score (nSPS) is 11.7. The fraction of sp³-hybridized carbons (Fsp3) is 0.200. The van der Waals surface area contributed by atoms with E-state index in [9.17, 15) is 9.59 Å². The maximum Gasteiger partial charge on any atom is 0.257 e. The average molecular weight is 272 g/mol. The lowest BCUT2D eigenvalue weighted by molar-refractivity contribution is 0.0938. The summed E-state index contributed by atoms with van der Waals surface area (Å²) in [6.45, 7) is 1.84. The van der Waals surface area contributed by atoms with Crippen molar-refractivity contribution in [3.8, 4) is 5.75 Å². The van der Waals surface area contributed by atoms with Gasteiger partial charge >= 0.3 is 0 Å². The second-order valence-electron chi connectivity index (χ2n) is 4.36. The van der Waals surface area contributed by atoms with Crippen LogP contribution in [0.4, 0.5) is 0 Å². The number of methoxy groups -OCH3 is 1. The minimum Gasteiger partial charge on any atom is -0.496 e. The molecule has 1 aromatic carbocycles. The summed E-state index contributed by atoms with van der Waals surface area (Å²) in [4.78, 5) is 26.4. The second kappa shape index (κ2) is 6.06. The molecule has 1 unspecified atom stereocenters. The zero-order valence-corrected chi connectivity index (χ0v) is 11.3. The molecular weight excluding hydrogens is 256 g/mol. The van der Waals surface area contributed by atoms with E-state index in [1.165, 1.54) is 18.5 Å². The van der Waals surface area contributed by atoms with Crippen molar-refractivity contribution in [1.29, 1.82) is 0 Å². The van der Waals surface area contributed by atoms with Gasteiger partial charge in [0, 0.05) is 24.0 Å². The van der Waals surface area contributed by atoms with E-state index in [4.69, 9.17) is 4.74 Å². The Labute approximate surface area is 116 Å². The number of amides is 1. The van der Waals surface area contributed by atoms with Crippen molar-refractivity contribution in [2.24, 2.45) is 0 Å². The first-order valence-electron chi connectivity index (χ1n) is 6.24. The summed E-state index contributed by atoms with van der Waals surface area (Å²) in [5.41, 5.74) is 0.637. The van der Waals surface area contributed by atoms with Gasteiger partial charge in [0.25, 0.3) is 5.91 Å². The highest BCUT2D eigenvalue weighted by Crippen LogP contribution is 2.24. The number of H-pyrrole nitrogens is 1. The quantitative estimate of drug-likeness (QED) is 0.892. The lowest BCUT2D eigenvalue weighted by atomic mass is 10.1. The molecule has 1 aromatic heterocycles. The molecule has 0 bridgehead atoms. The van der Waals surface area contributed by atoms with E-state index < -0.39 is 5.91 Å². The van der Waals surface area contributed by atoms with E-state index in [2.05, 4.69) is 10.3 Å². The summed E-state index contributed by atoms with van der Waals surface area (Å²) in [7, 11) is 1.58. The number of nitrogens with one attached hydrogen (secondary N) is 2. The number of carbonyl (C=O) groups excluding carboxylic acids is 1. The number of aromatic nitrogens is 1. The van der Waals surface area contributed by atoms with Gasteiger partial charge in [0.2, 0.25) is 0 Å². The van der Waals surface area contributed by atoms with Gasteiger partial charge in [-0.3, -0.25) is 9.59 Å². The maximum atomic E-state index is 12.1. The Balaban J connectivity index is 2.20. The molecule has 2 rings (SSSR count). The van der Waals surface area contributed by atoms with Gasteiger partial charge in [-0.05, 0) is 13.0 Å². The smallest absolute Gasteiger partial charge is 0.257 e. The monoisotopic (exact) mass is 272 g/mol. The first kappa shape index (κ1) is 13.9. The Morgan fingerprint density at radius 3 is 2.75 bits per heavy atom. The van der Waals surface area contributed by atoms with Crippen molar-refractivity contribution < 1.29 is 9.53 Å². The average Bonchev–Trinajstić information content (AvgIpc) is 2.47. The van der Waals surface area contributed by atoms with Crippen molar-refractivity contribution in [3.05, 3.63) is 64.1 Å². The first-order valence-corrected chi connectivity index (χ1v) is 6.24. The maximum absolute atomic E-state index is 12.1. The molecule has 0 aliphatic carbocycles. The van der Waals surface area contributed by atoms with Crippen molar-refractivity contribution in [2.45, 2.75) is 13.0 Å². The van der Waals surface area contributed by atoms with Crippen LogP contribution in [0.15, 0.2) is 47.5 Å². The first-order chi connectivity index (χ1) is 9.63. The van der Waals surface area contributed by atoms with Crippen LogP contribution in [0, 0.1) is 0 Å². The molecule has 0 saturated carbocycles. The van der Waals surface area contributed by atoms with Crippen LogP contribution in [0.25, 0.3) is 0 Å². The number of para-hydroxylation sites is 1. The molecule has 2 aromatic rings. The van der Waals surface area contributed by atoms with E-state index in [-0.39, 0.29) is 17.0 Å². The summed E-state index contributed by atoms with van der Waals surface area (Å²) >= 11 is 0. The Hall–Kier alpha value is -2.56. The molecule has 20 heavy (non-hydrogen) atoms. The van der Waals surface area contributed by atoms with E-state index in [0.717, 1.165) is 5.56 Å². The van der Waals surface area contributed by atoms with Crippen molar-refractivity contribution in [3.63, 3.8) is 0 Å². The number of aromatic amines is 1. The van der Waals surface area contributed by atoms with E-state index in [0.29, 0.717) is 5.75 Å². The van der Waals surface area contributed by atoms with Crippen molar-refractivity contribution in [1.82, 2.24) is 10.3 Å². The van der Waals surface area contributed by atoms with E-state index in [1.807, 2.05) is 31.2 Å². The molecule has 0 radical (unpaired) electrons. The summed E-state index contributed by atoms with van der Waals surface area (Å²) in [6, 6.07) is 8.49. The number of benzene rings is 1. The second-order valence-corrected chi connectivity index (χ2v) is 4.36. The van der Waals surface area contributed by atoms with Crippen LogP contribution < -0.4 is 15.5 Å². The van der Waals surface area contributed by atoms with Gasteiger partial charge in [0.05, 0.1) is 13.2 Å². The van der Waals surface area contributed by atoms with Crippen molar-refractivity contribution >= 4 is 5.91 Å². The van der Waals surface area contributed by atoms with Gasteiger partial charge in [-0.1, -0.05) is 18.2 Å². The zero-order chi connectivity index (χ0) is 14.5. The number of rotatable bonds is 4. The van der Waals surface area contributed by atoms with E-state index >= 15 is 0 Å². The molecule has 5 nitrogen and oxygen atoms in total. The van der Waals surface area contributed by atoms with Crippen LogP contribution in [0.3, 0.4) is 0 Å². The molecule has 1 heterocycles. The Morgan fingerprint density at radius 1 is 1.30 bits per heavy atom. The number of pyridine rings is 1. The Bertz CT molecular complexity index is 664. The molecule has 1 amide bonds.